The lowest BCUT2D eigenvalue weighted by Crippen LogP contribution is -2.25. The van der Waals surface area contributed by atoms with Gasteiger partial charge in [-0.05, 0) is 29.8 Å². The third kappa shape index (κ3) is 5.10. The van der Waals surface area contributed by atoms with Crippen LogP contribution in [0.15, 0.2) is 76.7 Å². The van der Waals surface area contributed by atoms with E-state index in [2.05, 4.69) is 10.3 Å². The Morgan fingerprint density at radius 2 is 1.62 bits per heavy atom. The molecule has 0 fully saturated rings. The van der Waals surface area contributed by atoms with Crippen LogP contribution in [0.3, 0.4) is 0 Å². The number of fused-ring (bicyclic) bond motifs is 1. The normalized spacial score (nSPS) is 11.0. The first-order valence-electron chi connectivity index (χ1n) is 9.53. The number of benzene rings is 3. The highest BCUT2D eigenvalue weighted by Crippen LogP contribution is 2.33. The lowest BCUT2D eigenvalue weighted by atomic mass is 10.2. The van der Waals surface area contributed by atoms with Crippen molar-refractivity contribution in [2.75, 3.05) is 11.1 Å². The van der Waals surface area contributed by atoms with Gasteiger partial charge in [0.25, 0.3) is 5.56 Å². The van der Waals surface area contributed by atoms with Crippen LogP contribution in [0.1, 0.15) is 5.56 Å². The number of rotatable bonds is 6. The first-order valence-corrected chi connectivity index (χ1v) is 11.6. The van der Waals surface area contributed by atoms with Gasteiger partial charge in [-0.3, -0.25) is 14.2 Å². The Balaban J connectivity index is 1.61. The monoisotopic (exact) mass is 503 g/mol. The molecule has 4 aromatic rings. The number of thioether (sulfide) groups is 1. The summed E-state index contributed by atoms with van der Waals surface area (Å²) in [5.41, 5.74) is 1.66. The van der Waals surface area contributed by atoms with Gasteiger partial charge in [0.05, 0.1) is 38.9 Å². The highest BCUT2D eigenvalue weighted by molar-refractivity contribution is 7.99. The summed E-state index contributed by atoms with van der Waals surface area (Å²) in [5, 5.41) is 4.53. The molecule has 0 bridgehead atoms. The summed E-state index contributed by atoms with van der Waals surface area (Å²) in [6, 6.07) is 19.8. The number of para-hydroxylation sites is 1. The molecule has 0 radical (unpaired) electrons. The van der Waals surface area contributed by atoms with Crippen molar-refractivity contribution in [3.05, 3.63) is 97.7 Å². The van der Waals surface area contributed by atoms with Crippen LogP contribution in [0.25, 0.3) is 10.9 Å². The van der Waals surface area contributed by atoms with Gasteiger partial charge in [-0.25, -0.2) is 4.98 Å². The van der Waals surface area contributed by atoms with Crippen molar-refractivity contribution in [1.29, 1.82) is 0 Å². The minimum Gasteiger partial charge on any atom is -0.323 e. The Morgan fingerprint density at radius 3 is 2.34 bits per heavy atom. The zero-order valence-corrected chi connectivity index (χ0v) is 19.6. The first-order chi connectivity index (χ1) is 15.4. The predicted molar refractivity (Wildman–Crippen MR) is 132 cm³/mol. The van der Waals surface area contributed by atoms with E-state index in [4.69, 9.17) is 34.8 Å². The Labute approximate surface area is 203 Å². The number of carbonyl (C=O) groups excluding carboxylic acids is 1. The summed E-state index contributed by atoms with van der Waals surface area (Å²) >= 11 is 19.4. The van der Waals surface area contributed by atoms with E-state index in [9.17, 15) is 9.59 Å². The fraction of sp³-hybridized carbons (Fsp3) is 0.0870. The Morgan fingerprint density at radius 1 is 0.969 bits per heavy atom. The molecule has 162 valence electrons. The summed E-state index contributed by atoms with van der Waals surface area (Å²) in [5.74, 6) is -0.329. The van der Waals surface area contributed by atoms with Crippen LogP contribution >= 0.6 is 46.6 Å². The summed E-state index contributed by atoms with van der Waals surface area (Å²) in [7, 11) is 0. The SMILES string of the molecule is O=C(CSc1nc2ccccc2c(=O)n1Cc1ccccc1)Nc1c(Cl)cc(Cl)cc1Cl. The van der Waals surface area contributed by atoms with E-state index in [1.807, 2.05) is 36.4 Å². The average Bonchev–Trinajstić information content (AvgIpc) is 2.77. The maximum absolute atomic E-state index is 13.2. The van der Waals surface area contributed by atoms with Gasteiger partial charge in [-0.2, -0.15) is 0 Å². The second-order valence-corrected chi connectivity index (χ2v) is 9.06. The third-order valence-electron chi connectivity index (χ3n) is 4.61. The Kier molecular flexibility index (Phi) is 7.06. The number of aromatic nitrogens is 2. The van der Waals surface area contributed by atoms with E-state index < -0.39 is 0 Å². The molecule has 32 heavy (non-hydrogen) atoms. The van der Waals surface area contributed by atoms with Crippen LogP contribution in [-0.2, 0) is 11.3 Å². The zero-order chi connectivity index (χ0) is 22.7. The van der Waals surface area contributed by atoms with Crippen LogP contribution in [0.4, 0.5) is 5.69 Å². The smallest absolute Gasteiger partial charge is 0.262 e. The molecule has 0 saturated heterocycles. The van der Waals surface area contributed by atoms with E-state index in [0.29, 0.717) is 27.6 Å². The quantitative estimate of drug-likeness (QED) is 0.253. The van der Waals surface area contributed by atoms with Crippen molar-refractivity contribution in [3.8, 4) is 0 Å². The molecule has 0 atom stereocenters. The van der Waals surface area contributed by atoms with Crippen molar-refractivity contribution < 1.29 is 4.79 Å². The molecule has 1 heterocycles. The molecule has 0 aliphatic heterocycles. The highest BCUT2D eigenvalue weighted by atomic mass is 35.5. The molecular formula is C23H16Cl3N3O2S. The van der Waals surface area contributed by atoms with E-state index in [0.717, 1.165) is 5.56 Å². The van der Waals surface area contributed by atoms with Crippen LogP contribution in [0, 0.1) is 0 Å². The van der Waals surface area contributed by atoms with E-state index in [1.165, 1.54) is 23.9 Å². The standard InChI is InChI=1S/C23H16Cl3N3O2S/c24-15-10-17(25)21(18(26)11-15)28-20(30)13-32-23-27-19-9-5-4-8-16(19)22(31)29(23)12-14-6-2-1-3-7-14/h1-11H,12-13H2,(H,28,30). The van der Waals surface area contributed by atoms with Crippen molar-refractivity contribution in [2.45, 2.75) is 11.7 Å². The van der Waals surface area contributed by atoms with Crippen molar-refractivity contribution in [3.63, 3.8) is 0 Å². The molecule has 1 N–H and O–H groups in total. The van der Waals surface area contributed by atoms with Crippen LogP contribution in [0.5, 0.6) is 0 Å². The molecule has 5 nitrogen and oxygen atoms in total. The fourth-order valence-corrected chi connectivity index (χ4v) is 4.84. The number of carbonyl (C=O) groups is 1. The van der Waals surface area contributed by atoms with Crippen molar-refractivity contribution >= 4 is 69.1 Å². The molecule has 0 spiro atoms. The number of nitrogens with one attached hydrogen (secondary N) is 1. The number of nitrogens with zero attached hydrogens (tertiary/aromatic N) is 2. The van der Waals surface area contributed by atoms with Crippen LogP contribution in [0.2, 0.25) is 15.1 Å². The lowest BCUT2D eigenvalue weighted by molar-refractivity contribution is -0.113. The molecule has 9 heteroatoms. The van der Waals surface area contributed by atoms with Gasteiger partial charge >= 0.3 is 0 Å². The fourth-order valence-electron chi connectivity index (χ4n) is 3.13. The summed E-state index contributed by atoms with van der Waals surface area (Å²) in [4.78, 5) is 30.4. The van der Waals surface area contributed by atoms with E-state index >= 15 is 0 Å². The molecule has 1 amide bonds. The number of hydrogen-bond acceptors (Lipinski definition) is 4. The molecule has 0 aliphatic carbocycles. The van der Waals surface area contributed by atoms with Crippen LogP contribution < -0.4 is 10.9 Å². The third-order valence-corrected chi connectivity index (χ3v) is 6.40. The van der Waals surface area contributed by atoms with Crippen LogP contribution in [-0.4, -0.2) is 21.2 Å². The first kappa shape index (κ1) is 22.7. The lowest BCUT2D eigenvalue weighted by Gasteiger charge is -2.14. The van der Waals surface area contributed by atoms with Gasteiger partial charge in [0.1, 0.15) is 0 Å². The zero-order valence-electron chi connectivity index (χ0n) is 16.5. The minimum atomic E-state index is -0.338. The molecular weight excluding hydrogens is 489 g/mol. The molecule has 4 rings (SSSR count). The molecule has 0 aliphatic rings. The van der Waals surface area contributed by atoms with Crippen molar-refractivity contribution in [1.82, 2.24) is 9.55 Å². The second-order valence-electron chi connectivity index (χ2n) is 6.87. The largest absolute Gasteiger partial charge is 0.323 e. The summed E-state index contributed by atoms with van der Waals surface area (Å²) in [6.45, 7) is 0.344. The molecule has 1 aromatic heterocycles. The maximum Gasteiger partial charge on any atom is 0.262 e. The number of halogens is 3. The second kappa shape index (κ2) is 9.96. The van der Waals surface area contributed by atoms with Gasteiger partial charge < -0.3 is 5.32 Å². The van der Waals surface area contributed by atoms with Gasteiger partial charge in [0.15, 0.2) is 5.16 Å². The number of amides is 1. The minimum absolute atomic E-state index is 0.00878. The summed E-state index contributed by atoms with van der Waals surface area (Å²) in [6.07, 6.45) is 0. The molecule has 0 unspecified atom stereocenters. The number of anilines is 1. The summed E-state index contributed by atoms with van der Waals surface area (Å²) < 4.78 is 1.58. The molecule has 3 aromatic carbocycles. The Hall–Kier alpha value is -2.51. The van der Waals surface area contributed by atoms with Crippen molar-refractivity contribution in [2.24, 2.45) is 0 Å². The van der Waals surface area contributed by atoms with E-state index in [-0.39, 0.29) is 33.0 Å². The Bertz CT molecular complexity index is 1340. The molecule has 0 saturated carbocycles. The predicted octanol–water partition coefficient (Wildman–Crippen LogP) is 6.14. The van der Waals surface area contributed by atoms with Gasteiger partial charge in [-0.15, -0.1) is 0 Å². The highest BCUT2D eigenvalue weighted by Gasteiger charge is 2.16. The maximum atomic E-state index is 13.2. The number of hydrogen-bond donors (Lipinski definition) is 1. The van der Waals surface area contributed by atoms with Gasteiger partial charge in [-0.1, -0.05) is 89.0 Å². The van der Waals surface area contributed by atoms with E-state index in [1.54, 1.807) is 22.8 Å². The topological polar surface area (TPSA) is 64.0 Å². The van der Waals surface area contributed by atoms with Gasteiger partial charge in [0, 0.05) is 5.02 Å². The van der Waals surface area contributed by atoms with Gasteiger partial charge in [0.2, 0.25) is 5.91 Å². The average molecular weight is 505 g/mol.